The van der Waals surface area contributed by atoms with Crippen LogP contribution in [0.5, 0.6) is 0 Å². The number of carboxylic acid groups (broad SMARTS) is 2. The summed E-state index contributed by atoms with van der Waals surface area (Å²) in [5.74, 6) is -5.11. The number of H-pyrrole nitrogens is 2. The van der Waals surface area contributed by atoms with Gasteiger partial charge in [0.2, 0.25) is 17.7 Å². The summed E-state index contributed by atoms with van der Waals surface area (Å²) in [6.45, 7) is 1.19. The van der Waals surface area contributed by atoms with Crippen LogP contribution in [0.3, 0.4) is 0 Å². The molecular formula is C21H30N8O8. The number of nitrogens with one attached hydrogen (secondary N) is 5. The van der Waals surface area contributed by atoms with Crippen LogP contribution in [0.2, 0.25) is 0 Å². The van der Waals surface area contributed by atoms with Gasteiger partial charge in [-0.3, -0.25) is 19.2 Å². The Kier molecular flexibility index (Phi) is 10.7. The summed E-state index contributed by atoms with van der Waals surface area (Å²) < 4.78 is 0. The van der Waals surface area contributed by atoms with Crippen molar-refractivity contribution in [2.45, 2.75) is 62.9 Å². The van der Waals surface area contributed by atoms with Crippen LogP contribution in [0.4, 0.5) is 0 Å². The Hall–Kier alpha value is -4.31. The summed E-state index contributed by atoms with van der Waals surface area (Å²) in [5, 5.41) is 34.9. The van der Waals surface area contributed by atoms with Crippen LogP contribution in [0.1, 0.15) is 31.2 Å². The first-order chi connectivity index (χ1) is 17.5. The number of aliphatic carboxylic acids is 2. The number of carbonyl (C=O) groups is 5. The van der Waals surface area contributed by atoms with Crippen molar-refractivity contribution in [3.8, 4) is 0 Å². The quantitative estimate of drug-likeness (QED) is 0.114. The Labute approximate surface area is 210 Å². The van der Waals surface area contributed by atoms with Gasteiger partial charge >= 0.3 is 11.9 Å². The Morgan fingerprint density at radius 1 is 0.892 bits per heavy atom. The van der Waals surface area contributed by atoms with E-state index in [1.54, 1.807) is 0 Å². The molecule has 2 aromatic rings. The first-order valence-electron chi connectivity index (χ1n) is 11.2. The summed E-state index contributed by atoms with van der Waals surface area (Å²) in [6, 6.07) is -5.43. The zero-order valence-corrected chi connectivity index (χ0v) is 19.9. The molecule has 0 aromatic carbocycles. The average Bonchev–Trinajstić information content (AvgIpc) is 3.53. The first kappa shape index (κ1) is 28.9. The number of nitrogens with zero attached hydrogens (tertiary/aromatic N) is 2. The van der Waals surface area contributed by atoms with Gasteiger partial charge in [0.05, 0.1) is 24.8 Å². The normalized spacial score (nSPS) is 15.0. The number of hydrogen-bond donors (Lipinski definition) is 9. The molecule has 202 valence electrons. The third kappa shape index (κ3) is 9.34. The number of imidazole rings is 2. The van der Waals surface area contributed by atoms with Crippen molar-refractivity contribution in [3.63, 3.8) is 0 Å². The predicted octanol–water partition coefficient (Wildman–Crippen LogP) is -2.97. The number of hydrogen-bond acceptors (Lipinski definition) is 9. The molecule has 0 fully saturated rings. The lowest BCUT2D eigenvalue weighted by Crippen LogP contribution is -2.59. The summed E-state index contributed by atoms with van der Waals surface area (Å²) in [6.07, 6.45) is 3.40. The molecule has 0 aliphatic carbocycles. The highest BCUT2D eigenvalue weighted by Crippen LogP contribution is 2.06. The molecule has 0 saturated heterocycles. The molecule has 2 heterocycles. The van der Waals surface area contributed by atoms with Gasteiger partial charge in [0.15, 0.2) is 6.04 Å². The Morgan fingerprint density at radius 2 is 1.38 bits per heavy atom. The van der Waals surface area contributed by atoms with Crippen molar-refractivity contribution in [1.82, 2.24) is 35.9 Å². The van der Waals surface area contributed by atoms with E-state index in [1.807, 2.05) is 0 Å². The van der Waals surface area contributed by atoms with Gasteiger partial charge in [-0.2, -0.15) is 0 Å². The molecule has 2 aromatic heterocycles. The molecule has 10 N–H and O–H groups in total. The SMILES string of the molecule is CC(O)C(NC(=O)C(Cc1cnc[nH]1)NC(=O)C(Cc1cnc[nH]1)NC(=O)C(N)CCC(=O)O)C(=O)O. The van der Waals surface area contributed by atoms with Gasteiger partial charge in [-0.05, 0) is 13.3 Å². The number of aromatic nitrogens is 4. The molecule has 0 saturated carbocycles. The van der Waals surface area contributed by atoms with Crippen LogP contribution < -0.4 is 21.7 Å². The van der Waals surface area contributed by atoms with E-state index in [-0.39, 0.29) is 25.7 Å². The van der Waals surface area contributed by atoms with Crippen LogP contribution in [0.15, 0.2) is 25.0 Å². The highest BCUT2D eigenvalue weighted by Gasteiger charge is 2.32. The molecule has 2 rings (SSSR count). The zero-order chi connectivity index (χ0) is 27.5. The van der Waals surface area contributed by atoms with Gasteiger partial charge in [-0.15, -0.1) is 0 Å². The van der Waals surface area contributed by atoms with E-state index >= 15 is 0 Å². The fourth-order valence-electron chi connectivity index (χ4n) is 3.25. The van der Waals surface area contributed by atoms with Crippen LogP contribution >= 0.6 is 0 Å². The average molecular weight is 523 g/mol. The second-order valence-electron chi connectivity index (χ2n) is 8.29. The van der Waals surface area contributed by atoms with Gasteiger partial charge in [0.25, 0.3) is 0 Å². The fourth-order valence-corrected chi connectivity index (χ4v) is 3.25. The molecule has 5 unspecified atom stereocenters. The van der Waals surface area contributed by atoms with Crippen LogP contribution in [0.25, 0.3) is 0 Å². The molecule has 5 atom stereocenters. The summed E-state index contributed by atoms with van der Waals surface area (Å²) in [5.41, 5.74) is 6.66. The van der Waals surface area contributed by atoms with Crippen LogP contribution in [-0.2, 0) is 36.8 Å². The number of nitrogens with two attached hydrogens (primary N) is 1. The van der Waals surface area contributed by atoms with Crippen LogP contribution in [-0.4, -0.2) is 95.2 Å². The first-order valence-corrected chi connectivity index (χ1v) is 11.2. The molecule has 0 radical (unpaired) electrons. The topological polar surface area (TPSA) is 266 Å². The summed E-state index contributed by atoms with van der Waals surface area (Å²) in [7, 11) is 0. The smallest absolute Gasteiger partial charge is 0.328 e. The lowest BCUT2D eigenvalue weighted by atomic mass is 10.1. The van der Waals surface area contributed by atoms with E-state index in [0.29, 0.717) is 11.4 Å². The van der Waals surface area contributed by atoms with E-state index in [1.165, 1.54) is 32.0 Å². The molecule has 16 nitrogen and oxygen atoms in total. The summed E-state index contributed by atoms with van der Waals surface area (Å²) >= 11 is 0. The van der Waals surface area contributed by atoms with Gasteiger partial charge < -0.3 is 47.0 Å². The number of amides is 3. The van der Waals surface area contributed by atoms with Crippen molar-refractivity contribution >= 4 is 29.7 Å². The number of aromatic amines is 2. The van der Waals surface area contributed by atoms with Crippen molar-refractivity contribution < 1.29 is 39.3 Å². The summed E-state index contributed by atoms with van der Waals surface area (Å²) in [4.78, 5) is 74.2. The molecule has 0 aliphatic heterocycles. The molecule has 3 amide bonds. The van der Waals surface area contributed by atoms with Gasteiger partial charge in [0, 0.05) is 43.0 Å². The Bertz CT molecular complexity index is 1060. The molecule has 37 heavy (non-hydrogen) atoms. The number of aliphatic hydroxyl groups is 1. The minimum absolute atomic E-state index is 0.0763. The predicted molar refractivity (Wildman–Crippen MR) is 125 cm³/mol. The number of carboxylic acids is 2. The standard InChI is InChI=1S/C21H30N8O8/c1-10(30)17(21(36)37)29-20(35)15(5-12-7-24-9-26-12)28-19(34)14(4-11-6-23-8-25-11)27-18(33)13(22)2-3-16(31)32/h6-10,13-15,17,30H,2-5,22H2,1H3,(H,23,25)(H,24,26)(H,27,33)(H,28,34)(H,29,35)(H,31,32)(H,36,37). The van der Waals surface area contributed by atoms with Crippen molar-refractivity contribution in [2.75, 3.05) is 0 Å². The number of carbonyl (C=O) groups excluding carboxylic acids is 3. The van der Waals surface area contributed by atoms with Gasteiger partial charge in [-0.25, -0.2) is 14.8 Å². The van der Waals surface area contributed by atoms with E-state index < -0.39 is 59.9 Å². The Balaban J connectivity index is 2.22. The second kappa shape index (κ2) is 13.7. The van der Waals surface area contributed by atoms with E-state index in [4.69, 9.17) is 10.8 Å². The van der Waals surface area contributed by atoms with E-state index in [2.05, 4.69) is 35.9 Å². The third-order valence-corrected chi connectivity index (χ3v) is 5.28. The highest BCUT2D eigenvalue weighted by atomic mass is 16.4. The van der Waals surface area contributed by atoms with Crippen molar-refractivity contribution in [1.29, 1.82) is 0 Å². The van der Waals surface area contributed by atoms with Crippen molar-refractivity contribution in [2.24, 2.45) is 5.73 Å². The minimum atomic E-state index is -1.64. The van der Waals surface area contributed by atoms with Crippen LogP contribution in [0, 0.1) is 0 Å². The monoisotopic (exact) mass is 522 g/mol. The number of rotatable bonds is 15. The zero-order valence-electron chi connectivity index (χ0n) is 19.9. The molecule has 0 aliphatic rings. The minimum Gasteiger partial charge on any atom is -0.481 e. The maximum absolute atomic E-state index is 13.2. The van der Waals surface area contributed by atoms with Gasteiger partial charge in [0.1, 0.15) is 12.1 Å². The maximum Gasteiger partial charge on any atom is 0.328 e. The molecular weight excluding hydrogens is 492 g/mol. The molecule has 16 heteroatoms. The third-order valence-electron chi connectivity index (χ3n) is 5.28. The van der Waals surface area contributed by atoms with E-state index in [0.717, 1.165) is 0 Å². The number of aliphatic hydroxyl groups excluding tert-OH is 1. The van der Waals surface area contributed by atoms with Crippen molar-refractivity contribution in [3.05, 3.63) is 36.4 Å². The lowest BCUT2D eigenvalue weighted by molar-refractivity contribution is -0.145. The molecule has 0 spiro atoms. The van der Waals surface area contributed by atoms with E-state index in [9.17, 15) is 34.2 Å². The Morgan fingerprint density at radius 3 is 1.78 bits per heavy atom. The largest absolute Gasteiger partial charge is 0.481 e. The fraction of sp³-hybridized carbons (Fsp3) is 0.476. The van der Waals surface area contributed by atoms with Gasteiger partial charge in [-0.1, -0.05) is 0 Å². The lowest BCUT2D eigenvalue weighted by Gasteiger charge is -2.25. The molecule has 0 bridgehead atoms. The second-order valence-corrected chi connectivity index (χ2v) is 8.29. The highest BCUT2D eigenvalue weighted by molar-refractivity contribution is 5.94. The maximum atomic E-state index is 13.2.